The number of nitrogens with one attached hydrogen (secondary N) is 1. The van der Waals surface area contributed by atoms with Crippen molar-refractivity contribution in [2.45, 2.75) is 25.5 Å². The van der Waals surface area contributed by atoms with Crippen molar-refractivity contribution in [3.05, 3.63) is 23.8 Å². The van der Waals surface area contributed by atoms with Gasteiger partial charge in [-0.2, -0.15) is 0 Å². The van der Waals surface area contributed by atoms with E-state index in [0.29, 0.717) is 24.7 Å². The summed E-state index contributed by atoms with van der Waals surface area (Å²) in [6, 6.07) is 6.01. The topological polar surface area (TPSA) is 60.0 Å². The van der Waals surface area contributed by atoms with E-state index in [1.165, 1.54) is 0 Å². The lowest BCUT2D eigenvalue weighted by Crippen LogP contribution is -2.32. The zero-order valence-corrected chi connectivity index (χ0v) is 12.7. The van der Waals surface area contributed by atoms with Crippen molar-refractivity contribution in [3.8, 4) is 11.5 Å². The van der Waals surface area contributed by atoms with Crippen LogP contribution in [0.1, 0.15) is 24.9 Å². The van der Waals surface area contributed by atoms with Crippen LogP contribution in [-0.4, -0.2) is 45.7 Å². The summed E-state index contributed by atoms with van der Waals surface area (Å²) in [4.78, 5) is 0. The SMILES string of the molecule is CCC(NCC(O)COC)c1ccc(OC)c(OC)c1. The number of rotatable bonds is 9. The molecule has 20 heavy (non-hydrogen) atoms. The molecule has 1 aromatic rings. The van der Waals surface area contributed by atoms with Gasteiger partial charge in [0.2, 0.25) is 0 Å². The summed E-state index contributed by atoms with van der Waals surface area (Å²) in [5, 5.41) is 13.0. The molecule has 0 aliphatic heterocycles. The van der Waals surface area contributed by atoms with Gasteiger partial charge in [-0.15, -0.1) is 0 Å². The molecule has 0 aliphatic rings. The first-order valence-electron chi connectivity index (χ1n) is 6.78. The monoisotopic (exact) mass is 283 g/mol. The minimum absolute atomic E-state index is 0.154. The van der Waals surface area contributed by atoms with E-state index in [-0.39, 0.29) is 6.04 Å². The molecule has 5 nitrogen and oxygen atoms in total. The van der Waals surface area contributed by atoms with Crippen LogP contribution >= 0.6 is 0 Å². The first-order chi connectivity index (χ1) is 9.65. The molecular formula is C15H25NO4. The lowest BCUT2D eigenvalue weighted by Gasteiger charge is -2.20. The summed E-state index contributed by atoms with van der Waals surface area (Å²) >= 11 is 0. The third-order valence-corrected chi connectivity index (χ3v) is 3.18. The molecule has 0 saturated heterocycles. The molecule has 0 amide bonds. The van der Waals surface area contributed by atoms with Gasteiger partial charge < -0.3 is 24.6 Å². The third kappa shape index (κ3) is 4.67. The highest BCUT2D eigenvalue weighted by molar-refractivity contribution is 5.43. The van der Waals surface area contributed by atoms with Crippen molar-refractivity contribution in [1.29, 1.82) is 0 Å². The van der Waals surface area contributed by atoms with E-state index in [1.807, 2.05) is 18.2 Å². The molecule has 2 atom stereocenters. The zero-order valence-electron chi connectivity index (χ0n) is 12.7. The van der Waals surface area contributed by atoms with Crippen LogP contribution in [0, 0.1) is 0 Å². The Kier molecular flexibility index (Phi) is 7.36. The third-order valence-electron chi connectivity index (χ3n) is 3.18. The molecule has 2 unspecified atom stereocenters. The standard InChI is InChI=1S/C15H25NO4/c1-5-13(16-9-12(17)10-18-2)11-6-7-14(19-3)15(8-11)20-4/h6-8,12-13,16-17H,5,9-10H2,1-4H3. The van der Waals surface area contributed by atoms with Gasteiger partial charge in [-0.05, 0) is 24.1 Å². The Balaban J connectivity index is 2.74. The van der Waals surface area contributed by atoms with E-state index in [9.17, 15) is 5.11 Å². The van der Waals surface area contributed by atoms with E-state index in [2.05, 4.69) is 12.2 Å². The van der Waals surface area contributed by atoms with E-state index >= 15 is 0 Å². The molecule has 0 heterocycles. The van der Waals surface area contributed by atoms with Crippen molar-refractivity contribution < 1.29 is 19.3 Å². The first kappa shape index (κ1) is 16.8. The molecule has 2 N–H and O–H groups in total. The van der Waals surface area contributed by atoms with Gasteiger partial charge in [0.1, 0.15) is 0 Å². The van der Waals surface area contributed by atoms with Crippen LogP contribution in [-0.2, 0) is 4.74 Å². The number of benzene rings is 1. The Bertz CT molecular complexity index is 397. The summed E-state index contributed by atoms with van der Waals surface area (Å²) in [6.07, 6.45) is 0.407. The lowest BCUT2D eigenvalue weighted by molar-refractivity contribution is 0.0626. The van der Waals surface area contributed by atoms with E-state index < -0.39 is 6.10 Å². The van der Waals surface area contributed by atoms with Gasteiger partial charge in [0.25, 0.3) is 0 Å². The van der Waals surface area contributed by atoms with Crippen LogP contribution in [0.4, 0.5) is 0 Å². The average Bonchev–Trinajstić information content (AvgIpc) is 2.47. The highest BCUT2D eigenvalue weighted by Gasteiger charge is 2.14. The van der Waals surface area contributed by atoms with Crippen molar-refractivity contribution in [2.75, 3.05) is 34.5 Å². The number of hydrogen-bond acceptors (Lipinski definition) is 5. The highest BCUT2D eigenvalue weighted by atomic mass is 16.5. The minimum atomic E-state index is -0.505. The molecule has 0 radical (unpaired) electrons. The maximum atomic E-state index is 9.69. The second kappa shape index (κ2) is 8.79. The van der Waals surface area contributed by atoms with Crippen LogP contribution < -0.4 is 14.8 Å². The molecule has 1 rings (SSSR count). The number of aliphatic hydroxyl groups is 1. The van der Waals surface area contributed by atoms with Crippen LogP contribution in [0.3, 0.4) is 0 Å². The lowest BCUT2D eigenvalue weighted by atomic mass is 10.0. The van der Waals surface area contributed by atoms with Crippen LogP contribution in [0.25, 0.3) is 0 Å². The normalized spacial score (nSPS) is 13.8. The van der Waals surface area contributed by atoms with Gasteiger partial charge in [-0.1, -0.05) is 13.0 Å². The van der Waals surface area contributed by atoms with Crippen molar-refractivity contribution in [1.82, 2.24) is 5.32 Å². The Labute approximate surface area is 120 Å². The summed E-state index contributed by atoms with van der Waals surface area (Å²) in [6.45, 7) is 2.91. The fourth-order valence-corrected chi connectivity index (χ4v) is 2.10. The molecule has 0 saturated carbocycles. The molecular weight excluding hydrogens is 258 g/mol. The predicted octanol–water partition coefficient (Wildman–Crippen LogP) is 1.75. The fourth-order valence-electron chi connectivity index (χ4n) is 2.10. The van der Waals surface area contributed by atoms with E-state index in [4.69, 9.17) is 14.2 Å². The van der Waals surface area contributed by atoms with Gasteiger partial charge >= 0.3 is 0 Å². The number of ether oxygens (including phenoxy) is 3. The van der Waals surface area contributed by atoms with Gasteiger partial charge in [0.05, 0.1) is 26.9 Å². The summed E-state index contributed by atoms with van der Waals surface area (Å²) in [7, 11) is 4.82. The number of hydrogen-bond donors (Lipinski definition) is 2. The molecule has 0 bridgehead atoms. The molecule has 5 heteroatoms. The minimum Gasteiger partial charge on any atom is -0.493 e. The Morgan fingerprint density at radius 3 is 2.40 bits per heavy atom. The van der Waals surface area contributed by atoms with Crippen molar-refractivity contribution in [2.24, 2.45) is 0 Å². The second-order valence-electron chi connectivity index (χ2n) is 4.59. The summed E-state index contributed by atoms with van der Waals surface area (Å²) < 4.78 is 15.5. The predicted molar refractivity (Wildman–Crippen MR) is 78.5 cm³/mol. The van der Waals surface area contributed by atoms with Crippen molar-refractivity contribution >= 4 is 0 Å². The largest absolute Gasteiger partial charge is 0.493 e. The van der Waals surface area contributed by atoms with Gasteiger partial charge in [-0.25, -0.2) is 0 Å². The molecule has 0 spiro atoms. The Morgan fingerprint density at radius 2 is 1.85 bits per heavy atom. The Hall–Kier alpha value is -1.30. The van der Waals surface area contributed by atoms with Gasteiger partial charge in [-0.3, -0.25) is 0 Å². The maximum absolute atomic E-state index is 9.69. The fraction of sp³-hybridized carbons (Fsp3) is 0.600. The molecule has 0 aromatic heterocycles. The molecule has 114 valence electrons. The second-order valence-corrected chi connectivity index (χ2v) is 4.59. The number of methoxy groups -OCH3 is 3. The summed E-state index contributed by atoms with van der Waals surface area (Å²) in [5.74, 6) is 1.42. The Morgan fingerprint density at radius 1 is 1.15 bits per heavy atom. The van der Waals surface area contributed by atoms with Gasteiger partial charge in [0, 0.05) is 19.7 Å². The molecule has 0 aliphatic carbocycles. The van der Waals surface area contributed by atoms with Crippen LogP contribution in [0.15, 0.2) is 18.2 Å². The number of aliphatic hydroxyl groups excluding tert-OH is 1. The van der Waals surface area contributed by atoms with Gasteiger partial charge in [0.15, 0.2) is 11.5 Å². The quantitative estimate of drug-likeness (QED) is 0.723. The van der Waals surface area contributed by atoms with Crippen LogP contribution in [0.2, 0.25) is 0 Å². The van der Waals surface area contributed by atoms with E-state index in [1.54, 1.807) is 21.3 Å². The smallest absolute Gasteiger partial charge is 0.161 e. The first-order valence-corrected chi connectivity index (χ1v) is 6.78. The zero-order chi connectivity index (χ0) is 15.0. The molecule has 0 fully saturated rings. The van der Waals surface area contributed by atoms with Crippen molar-refractivity contribution in [3.63, 3.8) is 0 Å². The maximum Gasteiger partial charge on any atom is 0.161 e. The molecule has 1 aromatic carbocycles. The van der Waals surface area contributed by atoms with Crippen LogP contribution in [0.5, 0.6) is 11.5 Å². The van der Waals surface area contributed by atoms with E-state index in [0.717, 1.165) is 12.0 Å². The average molecular weight is 283 g/mol. The highest BCUT2D eigenvalue weighted by Crippen LogP contribution is 2.30. The summed E-state index contributed by atoms with van der Waals surface area (Å²) in [5.41, 5.74) is 1.11.